The van der Waals surface area contributed by atoms with Gasteiger partial charge in [-0.2, -0.15) is 0 Å². The number of carbonyl (C=O) groups excluding carboxylic acids is 3. The quantitative estimate of drug-likeness (QED) is 0.703. The number of hydrogen-bond donors (Lipinski definition) is 2. The van der Waals surface area contributed by atoms with Crippen molar-refractivity contribution in [3.63, 3.8) is 0 Å². The SMILES string of the molecule is N[C@@H](C(=O)N[C@@H]1C(=O)N2C(C(=O)[O-])=C(Cl)CC[C@H]12)c1ccccc1. The van der Waals surface area contributed by atoms with Gasteiger partial charge in [-0.25, -0.2) is 0 Å². The molecule has 2 amide bonds. The number of nitrogens with one attached hydrogen (secondary N) is 1. The minimum Gasteiger partial charge on any atom is -0.543 e. The van der Waals surface area contributed by atoms with Crippen LogP contribution in [0.1, 0.15) is 24.4 Å². The molecule has 2 aliphatic heterocycles. The molecule has 3 atom stereocenters. The van der Waals surface area contributed by atoms with Crippen molar-refractivity contribution >= 4 is 29.4 Å². The molecule has 7 nitrogen and oxygen atoms in total. The van der Waals surface area contributed by atoms with Gasteiger partial charge in [-0.1, -0.05) is 41.9 Å². The Bertz CT molecular complexity index is 734. The average molecular weight is 349 g/mol. The number of carbonyl (C=O) groups is 3. The molecule has 2 heterocycles. The Balaban J connectivity index is 1.71. The van der Waals surface area contributed by atoms with Crippen molar-refractivity contribution in [2.24, 2.45) is 5.73 Å². The molecule has 0 radical (unpaired) electrons. The maximum atomic E-state index is 12.3. The predicted octanol–water partition coefficient (Wildman–Crippen LogP) is -0.624. The molecular weight excluding hydrogens is 334 g/mol. The Morgan fingerprint density at radius 1 is 1.33 bits per heavy atom. The lowest BCUT2D eigenvalue weighted by Crippen LogP contribution is -2.72. The third-order valence-corrected chi connectivity index (χ3v) is 4.68. The summed E-state index contributed by atoms with van der Waals surface area (Å²) < 4.78 is 0. The van der Waals surface area contributed by atoms with Crippen LogP contribution in [-0.2, 0) is 14.4 Å². The van der Waals surface area contributed by atoms with Crippen LogP contribution in [0, 0.1) is 0 Å². The van der Waals surface area contributed by atoms with Gasteiger partial charge in [0.2, 0.25) is 5.91 Å². The van der Waals surface area contributed by atoms with Crippen LogP contribution >= 0.6 is 11.6 Å². The zero-order valence-electron chi connectivity index (χ0n) is 12.6. The van der Waals surface area contributed by atoms with E-state index in [1.165, 1.54) is 0 Å². The number of carboxylic acid groups (broad SMARTS) is 1. The summed E-state index contributed by atoms with van der Waals surface area (Å²) in [6.07, 6.45) is 0.781. The highest BCUT2D eigenvalue weighted by Gasteiger charge is 2.52. The van der Waals surface area contributed by atoms with E-state index < -0.39 is 35.9 Å². The molecule has 0 aromatic heterocycles. The predicted molar refractivity (Wildman–Crippen MR) is 83.1 cm³/mol. The van der Waals surface area contributed by atoms with Crippen LogP contribution in [-0.4, -0.2) is 34.8 Å². The number of amides is 2. The molecule has 1 aromatic rings. The highest BCUT2D eigenvalue weighted by Crippen LogP contribution is 2.37. The fourth-order valence-corrected chi connectivity index (χ4v) is 3.34. The first-order valence-electron chi connectivity index (χ1n) is 7.45. The molecular formula is C16H15ClN3O4-. The maximum absolute atomic E-state index is 12.3. The number of fused-ring (bicyclic) bond motifs is 1. The van der Waals surface area contributed by atoms with Gasteiger partial charge in [-0.3, -0.25) is 9.59 Å². The zero-order valence-corrected chi connectivity index (χ0v) is 13.3. The maximum Gasteiger partial charge on any atom is 0.252 e. The lowest BCUT2D eigenvalue weighted by atomic mass is 9.86. The van der Waals surface area contributed by atoms with E-state index in [0.717, 1.165) is 4.90 Å². The molecule has 0 unspecified atom stereocenters. The number of rotatable bonds is 4. The Morgan fingerprint density at radius 3 is 2.62 bits per heavy atom. The van der Waals surface area contributed by atoms with E-state index in [2.05, 4.69) is 5.32 Å². The molecule has 8 heteroatoms. The van der Waals surface area contributed by atoms with Crippen LogP contribution in [0.4, 0.5) is 0 Å². The minimum absolute atomic E-state index is 0.0883. The van der Waals surface area contributed by atoms with Gasteiger partial charge in [0.05, 0.1) is 17.7 Å². The second-order valence-electron chi connectivity index (χ2n) is 5.73. The van der Waals surface area contributed by atoms with Crippen LogP contribution in [0.15, 0.2) is 41.1 Å². The van der Waals surface area contributed by atoms with Crippen LogP contribution in [0.3, 0.4) is 0 Å². The van der Waals surface area contributed by atoms with E-state index in [0.29, 0.717) is 18.4 Å². The van der Waals surface area contributed by atoms with Crippen LogP contribution in [0.5, 0.6) is 0 Å². The van der Waals surface area contributed by atoms with Gasteiger partial charge in [0.1, 0.15) is 12.1 Å². The summed E-state index contributed by atoms with van der Waals surface area (Å²) in [6, 6.07) is 6.62. The topological polar surface area (TPSA) is 116 Å². The number of nitrogens with two attached hydrogens (primary N) is 1. The monoisotopic (exact) mass is 348 g/mol. The van der Waals surface area contributed by atoms with E-state index >= 15 is 0 Å². The van der Waals surface area contributed by atoms with Gasteiger partial charge in [0.15, 0.2) is 0 Å². The largest absolute Gasteiger partial charge is 0.543 e. The summed E-state index contributed by atoms with van der Waals surface area (Å²) in [6.45, 7) is 0. The van der Waals surface area contributed by atoms with E-state index in [9.17, 15) is 19.5 Å². The van der Waals surface area contributed by atoms with Gasteiger partial charge in [0.25, 0.3) is 5.91 Å². The van der Waals surface area contributed by atoms with Gasteiger partial charge in [-0.15, -0.1) is 0 Å². The molecule has 1 saturated heterocycles. The summed E-state index contributed by atoms with van der Waals surface area (Å²) in [4.78, 5) is 36.8. The first-order valence-corrected chi connectivity index (χ1v) is 7.83. The number of hydrogen-bond acceptors (Lipinski definition) is 5. The first-order chi connectivity index (χ1) is 11.4. The fourth-order valence-electron chi connectivity index (χ4n) is 3.06. The third-order valence-electron chi connectivity index (χ3n) is 4.31. The van der Waals surface area contributed by atoms with Gasteiger partial charge in [-0.05, 0) is 18.4 Å². The van der Waals surface area contributed by atoms with Crippen LogP contribution < -0.4 is 16.2 Å². The summed E-state index contributed by atoms with van der Waals surface area (Å²) in [7, 11) is 0. The summed E-state index contributed by atoms with van der Waals surface area (Å²) in [5.74, 6) is -2.51. The van der Waals surface area contributed by atoms with Crippen molar-refractivity contribution in [3.8, 4) is 0 Å². The Labute approximate surface area is 143 Å². The van der Waals surface area contributed by atoms with E-state index in [4.69, 9.17) is 17.3 Å². The second-order valence-corrected chi connectivity index (χ2v) is 6.19. The van der Waals surface area contributed by atoms with Gasteiger partial charge >= 0.3 is 0 Å². The molecule has 3 N–H and O–H groups in total. The number of halogens is 1. The number of allylic oxidation sites excluding steroid dienone is 1. The number of benzene rings is 1. The molecule has 0 bridgehead atoms. The van der Waals surface area contributed by atoms with Crippen LogP contribution in [0.2, 0.25) is 0 Å². The van der Waals surface area contributed by atoms with Crippen molar-refractivity contribution in [3.05, 3.63) is 46.6 Å². The standard InChI is InChI=1S/C16H16ClN3O4/c17-9-6-7-10-12(15(22)20(10)13(9)16(23)24)19-14(21)11(18)8-4-2-1-3-5-8/h1-5,10-12H,6-7,18H2,(H,19,21)(H,23,24)/p-1/t10-,11-,12+/m1/s1. The molecule has 1 fully saturated rings. The molecule has 3 rings (SSSR count). The molecule has 0 spiro atoms. The Morgan fingerprint density at radius 2 is 2.00 bits per heavy atom. The number of nitrogens with zero attached hydrogens (tertiary/aromatic N) is 1. The third kappa shape index (κ3) is 2.65. The average Bonchev–Trinajstić information content (AvgIpc) is 2.59. The number of carboxylic acids is 1. The van der Waals surface area contributed by atoms with Crippen molar-refractivity contribution in [1.82, 2.24) is 10.2 Å². The van der Waals surface area contributed by atoms with E-state index in [1.54, 1.807) is 30.3 Å². The van der Waals surface area contributed by atoms with Gasteiger partial charge < -0.3 is 25.9 Å². The lowest BCUT2D eigenvalue weighted by molar-refractivity contribution is -0.302. The molecule has 0 saturated carbocycles. The Hall–Kier alpha value is -2.38. The second kappa shape index (κ2) is 6.26. The van der Waals surface area contributed by atoms with Crippen molar-refractivity contribution in [2.45, 2.75) is 31.0 Å². The highest BCUT2D eigenvalue weighted by molar-refractivity contribution is 6.32. The molecule has 126 valence electrons. The fraction of sp³-hybridized carbons (Fsp3) is 0.312. The zero-order chi connectivity index (χ0) is 17.4. The summed E-state index contributed by atoms with van der Waals surface area (Å²) in [5.41, 5.74) is 6.22. The van der Waals surface area contributed by atoms with Gasteiger partial charge in [0, 0.05) is 5.03 Å². The number of aliphatic carboxylic acids is 1. The molecule has 0 aliphatic carbocycles. The Kier molecular flexibility index (Phi) is 4.29. The summed E-state index contributed by atoms with van der Waals surface area (Å²) in [5, 5.41) is 13.9. The molecule has 24 heavy (non-hydrogen) atoms. The van der Waals surface area contributed by atoms with E-state index in [1.807, 2.05) is 0 Å². The lowest BCUT2D eigenvalue weighted by Gasteiger charge is -2.51. The highest BCUT2D eigenvalue weighted by atomic mass is 35.5. The molecule has 2 aliphatic rings. The first kappa shape index (κ1) is 16.5. The van der Waals surface area contributed by atoms with Crippen LogP contribution in [0.25, 0.3) is 0 Å². The van der Waals surface area contributed by atoms with Crippen molar-refractivity contribution < 1.29 is 19.5 Å². The van der Waals surface area contributed by atoms with Crippen molar-refractivity contribution in [2.75, 3.05) is 0 Å². The van der Waals surface area contributed by atoms with Crippen molar-refractivity contribution in [1.29, 1.82) is 0 Å². The van der Waals surface area contributed by atoms with E-state index in [-0.39, 0.29) is 10.7 Å². The number of β-lactam (4-membered cyclic amide) rings is 1. The molecule has 1 aromatic carbocycles. The normalized spacial score (nSPS) is 24.1. The minimum atomic E-state index is -1.50. The smallest absolute Gasteiger partial charge is 0.252 e. The summed E-state index contributed by atoms with van der Waals surface area (Å²) >= 11 is 5.88.